The predicted octanol–water partition coefficient (Wildman–Crippen LogP) is 0.170. The van der Waals surface area contributed by atoms with Gasteiger partial charge in [-0.2, -0.15) is 11.8 Å². The van der Waals surface area contributed by atoms with E-state index >= 15 is 0 Å². The number of carbonyl (C=O) groups excluding carboxylic acids is 2. The summed E-state index contributed by atoms with van der Waals surface area (Å²) < 4.78 is 10.3. The molecule has 0 N–H and O–H groups in total. The Bertz CT molecular complexity index is 384. The second-order valence-electron chi connectivity index (χ2n) is 5.09. The van der Waals surface area contributed by atoms with Crippen LogP contribution in [0.2, 0.25) is 0 Å². The van der Waals surface area contributed by atoms with Crippen molar-refractivity contribution in [3.63, 3.8) is 0 Å². The average molecular weight is 286 g/mol. The minimum atomic E-state index is -0.317. The van der Waals surface area contributed by atoms with E-state index < -0.39 is 0 Å². The van der Waals surface area contributed by atoms with Gasteiger partial charge in [-0.1, -0.05) is 0 Å². The minimum Gasteiger partial charge on any atom is -0.371 e. The van der Waals surface area contributed by atoms with E-state index in [1.54, 1.807) is 16.7 Å². The Morgan fingerprint density at radius 2 is 1.84 bits per heavy atom. The van der Waals surface area contributed by atoms with Gasteiger partial charge in [-0.15, -0.1) is 0 Å². The van der Waals surface area contributed by atoms with E-state index in [2.05, 4.69) is 0 Å². The van der Waals surface area contributed by atoms with E-state index in [0.29, 0.717) is 32.7 Å². The summed E-state index contributed by atoms with van der Waals surface area (Å²) in [6, 6.07) is -0.495. The van der Waals surface area contributed by atoms with Gasteiger partial charge in [-0.3, -0.25) is 9.69 Å². The number of amides is 3. The van der Waals surface area contributed by atoms with E-state index in [1.165, 1.54) is 4.90 Å². The summed E-state index contributed by atoms with van der Waals surface area (Å²) in [6.45, 7) is 2.28. The highest BCUT2D eigenvalue weighted by molar-refractivity contribution is 7.98. The molecule has 3 heterocycles. The number of thioether (sulfide) groups is 1. The van der Waals surface area contributed by atoms with Gasteiger partial charge in [-0.25, -0.2) is 4.79 Å². The van der Waals surface area contributed by atoms with Crippen LogP contribution in [0, 0.1) is 0 Å². The lowest BCUT2D eigenvalue weighted by Gasteiger charge is -2.20. The summed E-state index contributed by atoms with van der Waals surface area (Å²) in [5.41, 5.74) is 0. The van der Waals surface area contributed by atoms with E-state index in [9.17, 15) is 9.59 Å². The first-order valence-electron chi connectivity index (χ1n) is 6.55. The molecule has 3 atom stereocenters. The zero-order chi connectivity index (χ0) is 13.4. The lowest BCUT2D eigenvalue weighted by molar-refractivity contribution is -0.128. The van der Waals surface area contributed by atoms with Gasteiger partial charge < -0.3 is 14.4 Å². The maximum atomic E-state index is 12.4. The molecule has 3 fully saturated rings. The SMILES string of the molecule is CSCCC1C(=O)N(CC2CO2)C(=O)N1CC1CO1. The lowest BCUT2D eigenvalue weighted by Crippen LogP contribution is -2.38. The number of hydrogen-bond donors (Lipinski definition) is 0. The van der Waals surface area contributed by atoms with Crippen LogP contribution in [0.25, 0.3) is 0 Å². The van der Waals surface area contributed by atoms with Crippen LogP contribution in [0.3, 0.4) is 0 Å². The van der Waals surface area contributed by atoms with Crippen molar-refractivity contribution in [2.45, 2.75) is 24.7 Å². The molecule has 7 heteroatoms. The molecule has 3 saturated heterocycles. The molecule has 0 saturated carbocycles. The maximum absolute atomic E-state index is 12.4. The van der Waals surface area contributed by atoms with E-state index in [0.717, 1.165) is 5.75 Å². The normalized spacial score (nSPS) is 33.2. The molecule has 0 bridgehead atoms. The molecule has 0 aromatic heterocycles. The monoisotopic (exact) mass is 286 g/mol. The highest BCUT2D eigenvalue weighted by Crippen LogP contribution is 2.26. The van der Waals surface area contributed by atoms with Crippen molar-refractivity contribution in [3.05, 3.63) is 0 Å². The fourth-order valence-corrected chi connectivity index (χ4v) is 2.81. The van der Waals surface area contributed by atoms with Gasteiger partial charge >= 0.3 is 6.03 Å². The van der Waals surface area contributed by atoms with E-state index in [1.807, 2.05) is 6.26 Å². The lowest BCUT2D eigenvalue weighted by atomic mass is 10.2. The van der Waals surface area contributed by atoms with Crippen LogP contribution in [-0.2, 0) is 14.3 Å². The number of ether oxygens (including phenoxy) is 2. The van der Waals surface area contributed by atoms with Crippen molar-refractivity contribution in [1.82, 2.24) is 9.80 Å². The molecule has 3 aliphatic heterocycles. The Kier molecular flexibility index (Phi) is 3.68. The first-order valence-corrected chi connectivity index (χ1v) is 7.94. The van der Waals surface area contributed by atoms with Crippen molar-refractivity contribution in [3.8, 4) is 0 Å². The van der Waals surface area contributed by atoms with Gasteiger partial charge in [0.05, 0.1) is 38.5 Å². The molecule has 19 heavy (non-hydrogen) atoms. The van der Waals surface area contributed by atoms with Crippen molar-refractivity contribution in [1.29, 1.82) is 0 Å². The van der Waals surface area contributed by atoms with Gasteiger partial charge in [0.25, 0.3) is 5.91 Å². The van der Waals surface area contributed by atoms with Gasteiger partial charge in [0.15, 0.2) is 0 Å². The Morgan fingerprint density at radius 3 is 2.42 bits per heavy atom. The summed E-state index contributed by atoms with van der Waals surface area (Å²) >= 11 is 1.69. The molecular formula is C12H18N2O4S. The van der Waals surface area contributed by atoms with Gasteiger partial charge in [0, 0.05) is 0 Å². The third kappa shape index (κ3) is 2.88. The topological polar surface area (TPSA) is 65.7 Å². The van der Waals surface area contributed by atoms with Crippen molar-refractivity contribution in [2.75, 3.05) is 38.3 Å². The zero-order valence-corrected chi connectivity index (χ0v) is 11.7. The Balaban J connectivity index is 1.69. The van der Waals surface area contributed by atoms with E-state index in [-0.39, 0.29) is 30.2 Å². The van der Waals surface area contributed by atoms with Crippen LogP contribution >= 0.6 is 11.8 Å². The third-order valence-electron chi connectivity index (χ3n) is 3.59. The number of hydrogen-bond acceptors (Lipinski definition) is 5. The fraction of sp³-hybridized carbons (Fsp3) is 0.833. The second kappa shape index (κ2) is 5.30. The molecule has 6 nitrogen and oxygen atoms in total. The summed E-state index contributed by atoms with van der Waals surface area (Å²) in [5.74, 6) is 0.801. The number of urea groups is 1. The standard InChI is InChI=1S/C12H18N2O4S/c1-19-3-2-10-11(15)14(5-9-7-18-9)12(16)13(10)4-8-6-17-8/h8-10H,2-7H2,1H3. The number of carbonyl (C=O) groups is 2. The molecule has 3 unspecified atom stereocenters. The average Bonchev–Trinajstić information content (AvgIpc) is 3.27. The zero-order valence-electron chi connectivity index (χ0n) is 10.9. The van der Waals surface area contributed by atoms with Crippen LogP contribution in [0.5, 0.6) is 0 Å². The van der Waals surface area contributed by atoms with Crippen molar-refractivity contribution >= 4 is 23.7 Å². The molecule has 0 aromatic rings. The van der Waals surface area contributed by atoms with Crippen LogP contribution in [0.4, 0.5) is 4.79 Å². The Labute approximate surface area is 116 Å². The van der Waals surface area contributed by atoms with Gasteiger partial charge in [0.2, 0.25) is 0 Å². The summed E-state index contributed by atoms with van der Waals surface area (Å²) in [6.07, 6.45) is 2.88. The maximum Gasteiger partial charge on any atom is 0.327 e. The smallest absolute Gasteiger partial charge is 0.327 e. The van der Waals surface area contributed by atoms with Crippen molar-refractivity contribution < 1.29 is 19.1 Å². The number of epoxide rings is 2. The van der Waals surface area contributed by atoms with Crippen LogP contribution in [0.1, 0.15) is 6.42 Å². The van der Waals surface area contributed by atoms with Gasteiger partial charge in [0.1, 0.15) is 6.04 Å². The Hall–Kier alpha value is -0.790. The molecular weight excluding hydrogens is 268 g/mol. The van der Waals surface area contributed by atoms with Crippen LogP contribution < -0.4 is 0 Å². The molecule has 0 aliphatic carbocycles. The van der Waals surface area contributed by atoms with Crippen LogP contribution in [0.15, 0.2) is 0 Å². The quantitative estimate of drug-likeness (QED) is 0.493. The van der Waals surface area contributed by atoms with Crippen molar-refractivity contribution in [2.24, 2.45) is 0 Å². The minimum absolute atomic E-state index is 0.0474. The van der Waals surface area contributed by atoms with Gasteiger partial charge in [-0.05, 0) is 18.4 Å². The molecule has 3 rings (SSSR count). The summed E-state index contributed by atoms with van der Waals surface area (Å²) in [5, 5.41) is 0. The largest absolute Gasteiger partial charge is 0.371 e. The molecule has 0 aromatic carbocycles. The van der Waals surface area contributed by atoms with Crippen LogP contribution in [-0.4, -0.2) is 78.3 Å². The highest BCUT2D eigenvalue weighted by Gasteiger charge is 2.48. The Morgan fingerprint density at radius 1 is 1.21 bits per heavy atom. The third-order valence-corrected chi connectivity index (χ3v) is 4.23. The number of nitrogens with zero attached hydrogens (tertiary/aromatic N) is 2. The van der Waals surface area contributed by atoms with E-state index in [4.69, 9.17) is 9.47 Å². The number of rotatable bonds is 7. The fourth-order valence-electron chi connectivity index (χ4n) is 2.35. The molecule has 3 aliphatic rings. The second-order valence-corrected chi connectivity index (χ2v) is 6.08. The molecule has 106 valence electrons. The first-order chi connectivity index (χ1) is 9.20. The molecule has 3 amide bonds. The first kappa shape index (κ1) is 13.2. The number of imide groups is 1. The summed E-state index contributed by atoms with van der Waals surface area (Å²) in [4.78, 5) is 27.7. The predicted molar refractivity (Wildman–Crippen MR) is 70.1 cm³/mol. The summed E-state index contributed by atoms with van der Waals surface area (Å²) in [7, 11) is 0. The highest BCUT2D eigenvalue weighted by atomic mass is 32.2. The molecule has 0 radical (unpaired) electrons. The molecule has 0 spiro atoms.